The summed E-state index contributed by atoms with van der Waals surface area (Å²) in [6.45, 7) is 7.31. The highest BCUT2D eigenvalue weighted by atomic mass is 16.5. The molecule has 0 heterocycles. The number of carboxylic acid groups (broad SMARTS) is 2. The lowest BCUT2D eigenvalue weighted by molar-refractivity contribution is -0.165. The van der Waals surface area contributed by atoms with Crippen molar-refractivity contribution in [3.05, 3.63) is 0 Å². The number of carboxylic acids is 2. The van der Waals surface area contributed by atoms with Crippen LogP contribution in [-0.2, 0) is 28.7 Å². The number of ether oxygens (including phenoxy) is 2. The second-order valence-electron chi connectivity index (χ2n) is 3.42. The molecule has 0 aliphatic carbocycles. The molecule has 10 heteroatoms. The lowest BCUT2D eigenvalue weighted by Crippen LogP contribution is -2.39. The van der Waals surface area contributed by atoms with Crippen LogP contribution in [0.25, 0.3) is 0 Å². The van der Waals surface area contributed by atoms with Crippen molar-refractivity contribution in [2.24, 2.45) is 0 Å². The summed E-state index contributed by atoms with van der Waals surface area (Å²) in [4.78, 5) is 39.2. The van der Waals surface area contributed by atoms with Crippen molar-refractivity contribution in [2.45, 2.75) is 39.9 Å². The van der Waals surface area contributed by atoms with Crippen LogP contribution < -0.4 is 0 Å². The first kappa shape index (κ1) is 24.8. The molecule has 0 bridgehead atoms. The minimum Gasteiger partial charge on any atom is -0.479 e. The standard InChI is InChI=1S/C4H6O6.2C4H8O2/c5-1(3(7)8)2(6)4(9)10;2*1-3-6-4(2)5/h1-2,5-6H,(H,7,8)(H,9,10);2*3H2,1-2H3. The second-order valence-corrected chi connectivity index (χ2v) is 3.42. The van der Waals surface area contributed by atoms with Gasteiger partial charge in [0.05, 0.1) is 13.2 Å². The highest BCUT2D eigenvalue weighted by Crippen LogP contribution is 1.92. The van der Waals surface area contributed by atoms with Gasteiger partial charge >= 0.3 is 23.9 Å². The van der Waals surface area contributed by atoms with Gasteiger partial charge in [-0.1, -0.05) is 0 Å². The molecule has 0 aromatic heterocycles. The number of hydrogen-bond acceptors (Lipinski definition) is 8. The van der Waals surface area contributed by atoms with Gasteiger partial charge in [-0.15, -0.1) is 0 Å². The Labute approximate surface area is 127 Å². The summed E-state index contributed by atoms with van der Waals surface area (Å²) in [7, 11) is 0. The van der Waals surface area contributed by atoms with Gasteiger partial charge in [0.15, 0.2) is 12.2 Å². The Morgan fingerprint density at radius 3 is 1.05 bits per heavy atom. The third-order valence-electron chi connectivity index (χ3n) is 1.50. The predicted octanol–water partition coefficient (Wildman–Crippen LogP) is -0.984. The third kappa shape index (κ3) is 20.1. The first-order valence-corrected chi connectivity index (χ1v) is 6.09. The Hall–Kier alpha value is -2.20. The molecule has 4 N–H and O–H groups in total. The Kier molecular flexibility index (Phi) is 17.1. The maximum Gasteiger partial charge on any atom is 0.335 e. The highest BCUT2D eigenvalue weighted by molar-refractivity contribution is 5.83. The van der Waals surface area contributed by atoms with Crippen LogP contribution in [0.15, 0.2) is 0 Å². The summed E-state index contributed by atoms with van der Waals surface area (Å²) >= 11 is 0. The molecule has 0 aromatic carbocycles. The largest absolute Gasteiger partial charge is 0.479 e. The first-order valence-electron chi connectivity index (χ1n) is 6.09. The molecular weight excluding hydrogens is 304 g/mol. The first-order chi connectivity index (χ1) is 10.0. The van der Waals surface area contributed by atoms with E-state index in [9.17, 15) is 19.2 Å². The van der Waals surface area contributed by atoms with E-state index in [-0.39, 0.29) is 11.9 Å². The molecule has 0 spiro atoms. The van der Waals surface area contributed by atoms with Crippen molar-refractivity contribution >= 4 is 23.9 Å². The van der Waals surface area contributed by atoms with E-state index in [0.717, 1.165) is 0 Å². The minimum absolute atomic E-state index is 0.211. The van der Waals surface area contributed by atoms with Crippen LogP contribution in [0.2, 0.25) is 0 Å². The van der Waals surface area contributed by atoms with Crippen LogP contribution in [0, 0.1) is 0 Å². The average Bonchev–Trinajstić information content (AvgIpc) is 2.37. The molecule has 2 atom stereocenters. The Balaban J connectivity index is -0.000000261. The second kappa shape index (κ2) is 15.2. The van der Waals surface area contributed by atoms with Gasteiger partial charge in [-0.2, -0.15) is 0 Å². The number of aliphatic hydroxyl groups excluding tert-OH is 2. The van der Waals surface area contributed by atoms with Gasteiger partial charge in [0.2, 0.25) is 0 Å². The van der Waals surface area contributed by atoms with Crippen LogP contribution in [0.4, 0.5) is 0 Å². The topological polar surface area (TPSA) is 168 Å². The van der Waals surface area contributed by atoms with Crippen molar-refractivity contribution < 1.29 is 49.1 Å². The van der Waals surface area contributed by atoms with Crippen LogP contribution in [0.3, 0.4) is 0 Å². The van der Waals surface area contributed by atoms with Gasteiger partial charge in [-0.25, -0.2) is 9.59 Å². The van der Waals surface area contributed by atoms with E-state index in [1.165, 1.54) is 13.8 Å². The summed E-state index contributed by atoms with van der Waals surface area (Å²) in [5, 5.41) is 32.5. The molecule has 0 aliphatic rings. The fourth-order valence-electron chi connectivity index (χ4n) is 0.677. The van der Waals surface area contributed by atoms with Gasteiger partial charge in [0.25, 0.3) is 0 Å². The predicted molar refractivity (Wildman–Crippen MR) is 71.9 cm³/mol. The van der Waals surface area contributed by atoms with E-state index >= 15 is 0 Å². The summed E-state index contributed by atoms with van der Waals surface area (Å²) in [6.07, 6.45) is -4.53. The Morgan fingerprint density at radius 1 is 0.773 bits per heavy atom. The minimum atomic E-state index is -2.27. The van der Waals surface area contributed by atoms with Gasteiger partial charge in [-0.3, -0.25) is 9.59 Å². The van der Waals surface area contributed by atoms with E-state index in [4.69, 9.17) is 20.4 Å². The average molecular weight is 326 g/mol. The lowest BCUT2D eigenvalue weighted by Gasteiger charge is -2.07. The van der Waals surface area contributed by atoms with Crippen LogP contribution in [0.1, 0.15) is 27.7 Å². The van der Waals surface area contributed by atoms with E-state index in [2.05, 4.69) is 9.47 Å². The van der Waals surface area contributed by atoms with E-state index in [1.54, 1.807) is 13.8 Å². The summed E-state index contributed by atoms with van der Waals surface area (Å²) in [5.41, 5.74) is 0. The third-order valence-corrected chi connectivity index (χ3v) is 1.50. The van der Waals surface area contributed by atoms with Crippen LogP contribution in [0.5, 0.6) is 0 Å². The van der Waals surface area contributed by atoms with Crippen molar-refractivity contribution in [2.75, 3.05) is 13.2 Å². The Morgan fingerprint density at radius 2 is 1.00 bits per heavy atom. The number of carbonyl (C=O) groups is 4. The number of aliphatic hydroxyl groups is 2. The monoisotopic (exact) mass is 326 g/mol. The zero-order valence-corrected chi connectivity index (χ0v) is 12.8. The zero-order valence-electron chi connectivity index (χ0n) is 12.8. The molecule has 0 aliphatic heterocycles. The maximum atomic E-state index is 9.82. The number of hydrogen-bond donors (Lipinski definition) is 4. The van der Waals surface area contributed by atoms with Crippen molar-refractivity contribution in [1.82, 2.24) is 0 Å². The number of esters is 2. The summed E-state index contributed by atoms with van der Waals surface area (Å²) in [6, 6.07) is 0. The molecule has 0 radical (unpaired) electrons. The molecule has 0 fully saturated rings. The molecule has 0 rings (SSSR count). The SMILES string of the molecule is CCOC(C)=O.CCOC(C)=O.O=C(O)C(O)C(O)C(=O)O. The molecule has 0 aromatic rings. The van der Waals surface area contributed by atoms with Gasteiger partial charge < -0.3 is 29.9 Å². The molecule has 0 saturated heterocycles. The van der Waals surface area contributed by atoms with E-state index in [1.807, 2.05) is 0 Å². The van der Waals surface area contributed by atoms with Crippen molar-refractivity contribution in [1.29, 1.82) is 0 Å². The van der Waals surface area contributed by atoms with Crippen molar-refractivity contribution in [3.8, 4) is 0 Å². The summed E-state index contributed by atoms with van der Waals surface area (Å²) in [5.74, 6) is -3.96. The van der Waals surface area contributed by atoms with Crippen LogP contribution in [-0.4, -0.2) is 69.7 Å². The fourth-order valence-corrected chi connectivity index (χ4v) is 0.677. The maximum absolute atomic E-state index is 9.82. The molecule has 0 amide bonds. The molecule has 22 heavy (non-hydrogen) atoms. The molecule has 10 nitrogen and oxygen atoms in total. The molecule has 130 valence electrons. The van der Waals surface area contributed by atoms with Gasteiger partial charge in [-0.05, 0) is 13.8 Å². The summed E-state index contributed by atoms with van der Waals surface area (Å²) < 4.78 is 8.81. The molecule has 0 saturated carbocycles. The van der Waals surface area contributed by atoms with Crippen LogP contribution >= 0.6 is 0 Å². The quantitative estimate of drug-likeness (QED) is 0.460. The normalized spacial score (nSPS) is 11.4. The van der Waals surface area contributed by atoms with Crippen molar-refractivity contribution in [3.63, 3.8) is 0 Å². The van der Waals surface area contributed by atoms with E-state index in [0.29, 0.717) is 13.2 Å². The Bertz CT molecular complexity index is 318. The van der Waals surface area contributed by atoms with E-state index < -0.39 is 24.1 Å². The van der Waals surface area contributed by atoms with Gasteiger partial charge in [0.1, 0.15) is 0 Å². The number of aliphatic carboxylic acids is 2. The lowest BCUT2D eigenvalue weighted by atomic mass is 10.2. The fraction of sp³-hybridized carbons (Fsp3) is 0.667. The highest BCUT2D eigenvalue weighted by Gasteiger charge is 2.29. The van der Waals surface area contributed by atoms with Gasteiger partial charge in [0, 0.05) is 13.8 Å². The number of rotatable bonds is 5. The molecular formula is C12H22O10. The number of carbonyl (C=O) groups excluding carboxylic acids is 2. The molecule has 2 unspecified atom stereocenters. The smallest absolute Gasteiger partial charge is 0.335 e. The zero-order chi connectivity index (χ0) is 18.3.